The van der Waals surface area contributed by atoms with Crippen molar-refractivity contribution in [3.8, 4) is 0 Å². The summed E-state index contributed by atoms with van der Waals surface area (Å²) in [5.41, 5.74) is 3.39. The quantitative estimate of drug-likeness (QED) is 0.596. The van der Waals surface area contributed by atoms with Gasteiger partial charge in [-0.15, -0.1) is 0 Å². The summed E-state index contributed by atoms with van der Waals surface area (Å²) >= 11 is 0. The third-order valence-electron chi connectivity index (χ3n) is 2.02. The number of hydrogen-bond acceptors (Lipinski definition) is 3. The van der Waals surface area contributed by atoms with Gasteiger partial charge < -0.3 is 10.6 Å². The lowest BCUT2D eigenvalue weighted by molar-refractivity contribution is 0.711. The molecule has 0 aliphatic carbocycles. The van der Waals surface area contributed by atoms with Gasteiger partial charge in [0.1, 0.15) is 0 Å². The highest BCUT2D eigenvalue weighted by atomic mass is 15.0. The lowest BCUT2D eigenvalue weighted by atomic mass is 10.2. The summed E-state index contributed by atoms with van der Waals surface area (Å²) in [5, 5.41) is 6.63. The number of aryl methyl sites for hydroxylation is 1. The molecule has 1 aliphatic rings. The molecule has 1 aliphatic heterocycles. The van der Waals surface area contributed by atoms with Crippen LogP contribution in [0.3, 0.4) is 0 Å². The molecule has 0 bridgehead atoms. The van der Waals surface area contributed by atoms with Crippen molar-refractivity contribution in [2.45, 2.75) is 13.5 Å². The van der Waals surface area contributed by atoms with E-state index in [4.69, 9.17) is 0 Å². The molecule has 2 heterocycles. The number of rotatable bonds is 0. The second-order valence-electron chi connectivity index (χ2n) is 3.05. The third-order valence-corrected chi connectivity index (χ3v) is 2.02. The van der Waals surface area contributed by atoms with Gasteiger partial charge in [-0.25, -0.2) is 0 Å². The Morgan fingerprint density at radius 1 is 1.33 bits per heavy atom. The second-order valence-corrected chi connectivity index (χ2v) is 3.05. The Bertz CT molecular complexity index is 283. The molecule has 0 amide bonds. The third kappa shape index (κ3) is 1.41. The molecule has 3 nitrogen and oxygen atoms in total. The van der Waals surface area contributed by atoms with Gasteiger partial charge in [-0.3, -0.25) is 4.98 Å². The van der Waals surface area contributed by atoms with Gasteiger partial charge in [0.15, 0.2) is 0 Å². The summed E-state index contributed by atoms with van der Waals surface area (Å²) < 4.78 is 0. The van der Waals surface area contributed by atoms with E-state index in [9.17, 15) is 0 Å². The van der Waals surface area contributed by atoms with E-state index in [-0.39, 0.29) is 0 Å². The monoisotopic (exact) mass is 163 g/mol. The summed E-state index contributed by atoms with van der Waals surface area (Å²) in [4.78, 5) is 4.45. The Hall–Kier alpha value is -1.09. The average Bonchev–Trinajstić information content (AvgIpc) is 2.28. The maximum absolute atomic E-state index is 4.45. The van der Waals surface area contributed by atoms with Crippen LogP contribution in [0.15, 0.2) is 12.1 Å². The van der Waals surface area contributed by atoms with Gasteiger partial charge >= 0.3 is 0 Å². The van der Waals surface area contributed by atoms with Crippen LogP contribution in [0.5, 0.6) is 0 Å². The molecule has 12 heavy (non-hydrogen) atoms. The molecule has 1 aromatic rings. The first-order chi connectivity index (χ1) is 5.86. The molecule has 64 valence electrons. The van der Waals surface area contributed by atoms with Crippen molar-refractivity contribution in [2.24, 2.45) is 0 Å². The zero-order valence-corrected chi connectivity index (χ0v) is 7.22. The highest BCUT2D eigenvalue weighted by Gasteiger charge is 2.06. The fourth-order valence-corrected chi connectivity index (χ4v) is 1.40. The number of pyridine rings is 1. The molecule has 2 N–H and O–H groups in total. The maximum atomic E-state index is 4.45. The molecule has 0 aromatic carbocycles. The molecule has 0 fully saturated rings. The fraction of sp³-hybridized carbons (Fsp3) is 0.444. The summed E-state index contributed by atoms with van der Waals surface area (Å²) in [6.07, 6.45) is 0. The Balaban J connectivity index is 2.36. The van der Waals surface area contributed by atoms with Crippen LogP contribution in [-0.4, -0.2) is 18.1 Å². The SMILES string of the molecule is Cc1ccc2c(n1)CNCCN2. The molecule has 0 unspecified atom stereocenters. The smallest absolute Gasteiger partial charge is 0.0775 e. The lowest BCUT2D eigenvalue weighted by Gasteiger charge is -2.05. The fourth-order valence-electron chi connectivity index (χ4n) is 1.40. The van der Waals surface area contributed by atoms with Crippen LogP contribution in [0.4, 0.5) is 5.69 Å². The molecule has 3 heteroatoms. The second kappa shape index (κ2) is 3.11. The zero-order valence-electron chi connectivity index (χ0n) is 7.22. The van der Waals surface area contributed by atoms with Gasteiger partial charge in [0.05, 0.1) is 11.4 Å². The van der Waals surface area contributed by atoms with E-state index < -0.39 is 0 Å². The number of fused-ring (bicyclic) bond motifs is 1. The topological polar surface area (TPSA) is 37.0 Å². The van der Waals surface area contributed by atoms with E-state index in [0.717, 1.165) is 31.0 Å². The summed E-state index contributed by atoms with van der Waals surface area (Å²) in [5.74, 6) is 0. The van der Waals surface area contributed by atoms with Crippen LogP contribution in [-0.2, 0) is 6.54 Å². The minimum absolute atomic E-state index is 0.879. The van der Waals surface area contributed by atoms with E-state index in [1.165, 1.54) is 5.69 Å². The zero-order chi connectivity index (χ0) is 8.39. The number of aromatic nitrogens is 1. The minimum Gasteiger partial charge on any atom is -0.382 e. The van der Waals surface area contributed by atoms with E-state index in [2.05, 4.69) is 21.7 Å². The molecular formula is C9H13N3. The predicted octanol–water partition coefficient (Wildman–Crippen LogP) is 0.905. The molecule has 0 spiro atoms. The van der Waals surface area contributed by atoms with Crippen molar-refractivity contribution in [1.82, 2.24) is 10.3 Å². The van der Waals surface area contributed by atoms with Crippen molar-refractivity contribution in [2.75, 3.05) is 18.4 Å². The Kier molecular flexibility index (Phi) is 1.96. The standard InChI is InChI=1S/C9H13N3/c1-7-2-3-8-9(12-7)6-10-4-5-11-8/h2-3,10-11H,4-6H2,1H3. The highest BCUT2D eigenvalue weighted by molar-refractivity contribution is 5.48. The number of anilines is 1. The molecule has 1 aromatic heterocycles. The van der Waals surface area contributed by atoms with Crippen molar-refractivity contribution >= 4 is 5.69 Å². The van der Waals surface area contributed by atoms with Crippen LogP contribution >= 0.6 is 0 Å². The largest absolute Gasteiger partial charge is 0.382 e. The molecule has 0 saturated heterocycles. The first kappa shape index (κ1) is 7.55. The van der Waals surface area contributed by atoms with Crippen molar-refractivity contribution < 1.29 is 0 Å². The summed E-state index contributed by atoms with van der Waals surface area (Å²) in [6.45, 7) is 4.89. The van der Waals surface area contributed by atoms with E-state index in [1.54, 1.807) is 0 Å². The molecule has 0 radical (unpaired) electrons. The Labute approximate surface area is 72.2 Å². The van der Waals surface area contributed by atoms with Crippen LogP contribution in [0.2, 0.25) is 0 Å². The van der Waals surface area contributed by atoms with Gasteiger partial charge in [0.25, 0.3) is 0 Å². The first-order valence-corrected chi connectivity index (χ1v) is 4.27. The van der Waals surface area contributed by atoms with Gasteiger partial charge in [-0.05, 0) is 19.1 Å². The van der Waals surface area contributed by atoms with Crippen molar-refractivity contribution in [1.29, 1.82) is 0 Å². The van der Waals surface area contributed by atoms with Gasteiger partial charge in [0, 0.05) is 25.3 Å². The van der Waals surface area contributed by atoms with E-state index in [0.29, 0.717) is 0 Å². The molecule has 2 rings (SSSR count). The lowest BCUT2D eigenvalue weighted by Crippen LogP contribution is -2.17. The van der Waals surface area contributed by atoms with Crippen LogP contribution < -0.4 is 10.6 Å². The van der Waals surface area contributed by atoms with Crippen molar-refractivity contribution in [3.05, 3.63) is 23.5 Å². The normalized spacial score (nSPS) is 16.1. The van der Waals surface area contributed by atoms with Crippen molar-refractivity contribution in [3.63, 3.8) is 0 Å². The summed E-state index contributed by atoms with van der Waals surface area (Å²) in [7, 11) is 0. The Morgan fingerprint density at radius 2 is 2.25 bits per heavy atom. The molecule has 0 atom stereocenters. The molecular weight excluding hydrogens is 150 g/mol. The van der Waals surface area contributed by atoms with Gasteiger partial charge in [0.2, 0.25) is 0 Å². The highest BCUT2D eigenvalue weighted by Crippen LogP contribution is 2.14. The summed E-state index contributed by atoms with van der Waals surface area (Å²) in [6, 6.07) is 4.14. The number of hydrogen-bond donors (Lipinski definition) is 2. The van der Waals surface area contributed by atoms with E-state index >= 15 is 0 Å². The Morgan fingerprint density at radius 3 is 3.17 bits per heavy atom. The maximum Gasteiger partial charge on any atom is 0.0775 e. The number of nitrogens with zero attached hydrogens (tertiary/aromatic N) is 1. The van der Waals surface area contributed by atoms with E-state index in [1.807, 2.05) is 13.0 Å². The van der Waals surface area contributed by atoms with Crippen LogP contribution in [0.1, 0.15) is 11.4 Å². The minimum atomic E-state index is 0.879. The van der Waals surface area contributed by atoms with Gasteiger partial charge in [-0.1, -0.05) is 0 Å². The van der Waals surface area contributed by atoms with Crippen LogP contribution in [0, 0.1) is 6.92 Å². The first-order valence-electron chi connectivity index (χ1n) is 4.27. The predicted molar refractivity (Wildman–Crippen MR) is 49.2 cm³/mol. The average molecular weight is 163 g/mol. The number of nitrogens with one attached hydrogen (secondary N) is 2. The van der Waals surface area contributed by atoms with Crippen LogP contribution in [0.25, 0.3) is 0 Å². The molecule has 0 saturated carbocycles. The van der Waals surface area contributed by atoms with Gasteiger partial charge in [-0.2, -0.15) is 0 Å².